The zero-order chi connectivity index (χ0) is 20.8. The van der Waals surface area contributed by atoms with Crippen LogP contribution in [0.3, 0.4) is 0 Å². The number of carbonyl (C=O) groups is 1. The molecule has 148 valence electrons. The lowest BCUT2D eigenvalue weighted by atomic mass is 9.89. The van der Waals surface area contributed by atoms with Crippen molar-refractivity contribution in [1.29, 1.82) is 0 Å². The number of rotatable bonds is 5. The Morgan fingerprint density at radius 1 is 1.21 bits per heavy atom. The lowest BCUT2D eigenvalue weighted by Crippen LogP contribution is -2.39. The molecule has 1 N–H and O–H groups in total. The number of imidazole rings is 1. The topological polar surface area (TPSA) is 99.1 Å². The first-order valence-corrected chi connectivity index (χ1v) is 9.18. The third-order valence-corrected chi connectivity index (χ3v) is 5.30. The van der Waals surface area contributed by atoms with E-state index in [9.17, 15) is 19.5 Å². The van der Waals surface area contributed by atoms with Crippen molar-refractivity contribution in [2.75, 3.05) is 0 Å². The van der Waals surface area contributed by atoms with Crippen molar-refractivity contribution >= 4 is 40.3 Å². The molecule has 1 aromatic carbocycles. The van der Waals surface area contributed by atoms with Gasteiger partial charge in [0.25, 0.3) is 5.56 Å². The number of aliphatic carboxylic acids is 1. The summed E-state index contributed by atoms with van der Waals surface area (Å²) >= 11 is 12.6. The maximum Gasteiger partial charge on any atom is 0.332 e. The van der Waals surface area contributed by atoms with Gasteiger partial charge >= 0.3 is 11.7 Å². The van der Waals surface area contributed by atoms with E-state index in [4.69, 9.17) is 23.2 Å². The zero-order valence-electron chi connectivity index (χ0n) is 15.4. The molecule has 0 bridgehead atoms. The number of fused-ring (bicyclic) bond motifs is 1. The van der Waals surface area contributed by atoms with Gasteiger partial charge in [0.2, 0.25) is 5.28 Å². The predicted molar refractivity (Wildman–Crippen MR) is 107 cm³/mol. The van der Waals surface area contributed by atoms with Crippen LogP contribution in [0.25, 0.3) is 16.9 Å². The lowest BCUT2D eigenvalue weighted by molar-refractivity contribution is -0.147. The molecule has 10 heteroatoms. The second-order valence-electron chi connectivity index (χ2n) is 7.08. The number of carboxylic acid groups (broad SMARTS) is 1. The first-order valence-electron chi connectivity index (χ1n) is 8.42. The van der Waals surface area contributed by atoms with Crippen LogP contribution in [0.15, 0.2) is 33.9 Å². The van der Waals surface area contributed by atoms with Crippen molar-refractivity contribution in [1.82, 2.24) is 18.7 Å². The highest BCUT2D eigenvalue weighted by molar-refractivity contribution is 6.33. The highest BCUT2D eigenvalue weighted by Crippen LogP contribution is 2.28. The van der Waals surface area contributed by atoms with Crippen molar-refractivity contribution < 1.29 is 9.90 Å². The minimum atomic E-state index is -1.06. The summed E-state index contributed by atoms with van der Waals surface area (Å²) < 4.78 is 3.60. The summed E-state index contributed by atoms with van der Waals surface area (Å²) in [5.41, 5.74) is -1.61. The van der Waals surface area contributed by atoms with E-state index in [1.165, 1.54) is 16.2 Å². The van der Waals surface area contributed by atoms with Crippen LogP contribution >= 0.6 is 23.2 Å². The van der Waals surface area contributed by atoms with Crippen molar-refractivity contribution in [3.63, 3.8) is 0 Å². The average molecular weight is 425 g/mol. The number of para-hydroxylation sites is 1. The van der Waals surface area contributed by atoms with Gasteiger partial charge in [-0.1, -0.05) is 23.7 Å². The van der Waals surface area contributed by atoms with Gasteiger partial charge < -0.3 is 5.11 Å². The molecule has 0 fully saturated rings. The van der Waals surface area contributed by atoms with Crippen LogP contribution in [0, 0.1) is 5.41 Å². The minimum absolute atomic E-state index is 0.0305. The number of hydrogen-bond donors (Lipinski definition) is 1. The molecular formula is C18H18Cl2N4O4. The van der Waals surface area contributed by atoms with Crippen molar-refractivity contribution in [2.45, 2.75) is 26.8 Å². The summed E-state index contributed by atoms with van der Waals surface area (Å²) in [6.07, 6.45) is 0.159. The Bertz CT molecular complexity index is 1210. The molecule has 0 saturated heterocycles. The van der Waals surface area contributed by atoms with Crippen molar-refractivity contribution in [3.8, 4) is 5.69 Å². The number of aryl methyl sites for hydroxylation is 1. The normalized spacial score (nSPS) is 11.9. The van der Waals surface area contributed by atoms with Gasteiger partial charge in [-0.25, -0.2) is 4.79 Å². The molecule has 0 aliphatic rings. The monoisotopic (exact) mass is 424 g/mol. The summed E-state index contributed by atoms with van der Waals surface area (Å²) in [5, 5.41) is 9.66. The van der Waals surface area contributed by atoms with Crippen LogP contribution in [0.1, 0.15) is 20.3 Å². The number of nitrogens with zero attached hydrogens (tertiary/aromatic N) is 4. The second kappa shape index (κ2) is 7.10. The van der Waals surface area contributed by atoms with Crippen LogP contribution in [-0.2, 0) is 18.4 Å². The summed E-state index contributed by atoms with van der Waals surface area (Å²) in [4.78, 5) is 41.1. The van der Waals surface area contributed by atoms with Crippen LogP contribution in [-0.4, -0.2) is 29.8 Å². The van der Waals surface area contributed by atoms with Gasteiger partial charge in [-0.3, -0.25) is 23.3 Å². The van der Waals surface area contributed by atoms with Gasteiger partial charge in [-0.15, -0.1) is 0 Å². The number of hydrogen-bond acceptors (Lipinski definition) is 4. The molecule has 0 amide bonds. The van der Waals surface area contributed by atoms with E-state index < -0.39 is 22.6 Å². The van der Waals surface area contributed by atoms with Gasteiger partial charge in [-0.05, 0) is 44.0 Å². The standard InChI is InChI=1S/C18H18Cl2N4O4/c1-18(2,15(26)27)8-9-23-13-12(14(25)22(3)17(23)28)24(16(20)21-13)11-7-5-4-6-10(11)19/h4-7H,8-9H2,1-3H3,(H,26,27). The first-order chi connectivity index (χ1) is 13.1. The van der Waals surface area contributed by atoms with Crippen LogP contribution in [0.2, 0.25) is 10.3 Å². The fourth-order valence-electron chi connectivity index (χ4n) is 2.83. The fraction of sp³-hybridized carbons (Fsp3) is 0.333. The molecule has 2 heterocycles. The van der Waals surface area contributed by atoms with Crippen molar-refractivity contribution in [2.24, 2.45) is 12.5 Å². The Balaban J connectivity index is 2.29. The molecule has 0 saturated carbocycles. The number of halogens is 2. The molecule has 3 rings (SSSR count). The maximum absolute atomic E-state index is 12.8. The Morgan fingerprint density at radius 3 is 2.46 bits per heavy atom. The molecule has 0 spiro atoms. The largest absolute Gasteiger partial charge is 0.481 e. The third kappa shape index (κ3) is 3.22. The second-order valence-corrected chi connectivity index (χ2v) is 7.82. The van der Waals surface area contributed by atoms with E-state index >= 15 is 0 Å². The molecule has 0 aliphatic heterocycles. The number of benzene rings is 1. The molecule has 2 aromatic heterocycles. The number of aromatic nitrogens is 4. The molecule has 0 radical (unpaired) electrons. The van der Waals surface area contributed by atoms with E-state index in [1.807, 2.05) is 0 Å². The van der Waals surface area contributed by atoms with Gasteiger partial charge in [0.15, 0.2) is 11.2 Å². The molecule has 28 heavy (non-hydrogen) atoms. The van der Waals surface area contributed by atoms with Gasteiger partial charge in [0, 0.05) is 13.6 Å². The smallest absolute Gasteiger partial charge is 0.332 e. The van der Waals surface area contributed by atoms with Gasteiger partial charge in [-0.2, -0.15) is 4.98 Å². The minimum Gasteiger partial charge on any atom is -0.481 e. The summed E-state index contributed by atoms with van der Waals surface area (Å²) in [7, 11) is 1.35. The van der Waals surface area contributed by atoms with E-state index in [-0.39, 0.29) is 29.4 Å². The Labute approximate surface area is 169 Å². The maximum atomic E-state index is 12.8. The van der Waals surface area contributed by atoms with Gasteiger partial charge in [0.1, 0.15) is 0 Å². The third-order valence-electron chi connectivity index (χ3n) is 4.73. The van der Waals surface area contributed by atoms with Crippen LogP contribution in [0.4, 0.5) is 0 Å². The Kier molecular flexibility index (Phi) is 5.12. The van der Waals surface area contributed by atoms with E-state index in [0.717, 1.165) is 4.57 Å². The summed E-state index contributed by atoms with van der Waals surface area (Å²) in [5.74, 6) is -0.985. The van der Waals surface area contributed by atoms with E-state index in [1.54, 1.807) is 38.1 Å². The summed E-state index contributed by atoms with van der Waals surface area (Å²) in [6.45, 7) is 3.18. The Morgan fingerprint density at radius 2 is 1.86 bits per heavy atom. The fourth-order valence-corrected chi connectivity index (χ4v) is 3.31. The molecule has 0 atom stereocenters. The van der Waals surface area contributed by atoms with E-state index in [0.29, 0.717) is 10.7 Å². The predicted octanol–water partition coefficient (Wildman–Crippen LogP) is 2.69. The van der Waals surface area contributed by atoms with E-state index in [2.05, 4.69) is 4.98 Å². The molecular weight excluding hydrogens is 407 g/mol. The van der Waals surface area contributed by atoms with Gasteiger partial charge in [0.05, 0.1) is 16.1 Å². The van der Waals surface area contributed by atoms with Crippen molar-refractivity contribution in [3.05, 3.63) is 55.4 Å². The first kappa shape index (κ1) is 20.2. The average Bonchev–Trinajstić information content (AvgIpc) is 2.97. The van der Waals surface area contributed by atoms with Crippen LogP contribution < -0.4 is 11.2 Å². The highest BCUT2D eigenvalue weighted by Gasteiger charge is 2.28. The molecule has 0 aliphatic carbocycles. The SMILES string of the molecule is Cn1c(=O)c2c(nc(Cl)n2-c2ccccc2Cl)n(CCC(C)(C)C(=O)O)c1=O. The molecule has 3 aromatic rings. The quantitative estimate of drug-likeness (QED) is 0.634. The van der Waals surface area contributed by atoms with Crippen LogP contribution in [0.5, 0.6) is 0 Å². The number of carboxylic acids is 1. The summed E-state index contributed by atoms with van der Waals surface area (Å²) in [6, 6.07) is 6.80. The molecule has 8 nitrogen and oxygen atoms in total. The molecule has 0 unspecified atom stereocenters. The highest BCUT2D eigenvalue weighted by atomic mass is 35.5. The Hall–Kier alpha value is -2.58. The zero-order valence-corrected chi connectivity index (χ0v) is 17.0. The lowest BCUT2D eigenvalue weighted by Gasteiger charge is -2.19.